The number of hydrogen-bond donors (Lipinski definition) is 2. The second-order valence-electron chi connectivity index (χ2n) is 4.61. The van der Waals surface area contributed by atoms with Gasteiger partial charge in [-0.2, -0.15) is 0 Å². The largest absolute Gasteiger partial charge is 0.334 e. The normalized spacial score (nSPS) is 12.0. The zero-order valence-electron chi connectivity index (χ0n) is 11.6. The van der Waals surface area contributed by atoms with Gasteiger partial charge in [-0.15, -0.1) is 11.3 Å². The second-order valence-corrected chi connectivity index (χ2v) is 6.34. The van der Waals surface area contributed by atoms with Crippen molar-refractivity contribution in [3.63, 3.8) is 0 Å². The Labute approximate surface area is 137 Å². The molecule has 2 rings (SSSR count). The highest BCUT2D eigenvalue weighted by atomic mass is 35.5. The van der Waals surface area contributed by atoms with Crippen molar-refractivity contribution in [1.29, 1.82) is 0 Å². The fourth-order valence-corrected chi connectivity index (χ4v) is 3.00. The Morgan fingerprint density at radius 1 is 1.43 bits per heavy atom. The number of amides is 2. The number of halogens is 2. The first-order valence-corrected chi connectivity index (χ1v) is 7.99. The van der Waals surface area contributed by atoms with E-state index in [1.165, 1.54) is 11.3 Å². The van der Waals surface area contributed by atoms with Gasteiger partial charge in [-0.05, 0) is 31.5 Å². The van der Waals surface area contributed by atoms with Crippen molar-refractivity contribution in [2.45, 2.75) is 26.4 Å². The number of urea groups is 1. The van der Waals surface area contributed by atoms with Crippen LogP contribution in [0.1, 0.15) is 29.2 Å². The van der Waals surface area contributed by atoms with E-state index in [0.29, 0.717) is 16.6 Å². The summed E-state index contributed by atoms with van der Waals surface area (Å²) in [6.07, 6.45) is 0. The fraction of sp³-hybridized carbons (Fsp3) is 0.286. The lowest BCUT2D eigenvalue weighted by Gasteiger charge is -2.13. The molecule has 1 aromatic heterocycles. The molecule has 0 aliphatic heterocycles. The maximum Gasteiger partial charge on any atom is 0.315 e. The number of rotatable bonds is 4. The van der Waals surface area contributed by atoms with E-state index < -0.39 is 0 Å². The molecule has 0 spiro atoms. The van der Waals surface area contributed by atoms with Crippen molar-refractivity contribution in [2.75, 3.05) is 0 Å². The number of aromatic nitrogens is 1. The van der Waals surface area contributed by atoms with Crippen LogP contribution in [0.25, 0.3) is 0 Å². The van der Waals surface area contributed by atoms with E-state index in [4.69, 9.17) is 23.2 Å². The molecule has 21 heavy (non-hydrogen) atoms. The van der Waals surface area contributed by atoms with Crippen molar-refractivity contribution in [2.24, 2.45) is 0 Å². The first-order valence-electron chi connectivity index (χ1n) is 6.36. The van der Waals surface area contributed by atoms with E-state index in [2.05, 4.69) is 15.6 Å². The molecule has 1 atom stereocenters. The highest BCUT2D eigenvalue weighted by Gasteiger charge is 2.12. The van der Waals surface area contributed by atoms with E-state index in [1.54, 1.807) is 18.2 Å². The summed E-state index contributed by atoms with van der Waals surface area (Å²) in [6, 6.07) is 4.78. The maximum atomic E-state index is 11.9. The van der Waals surface area contributed by atoms with Crippen molar-refractivity contribution in [1.82, 2.24) is 15.6 Å². The number of thiazole rings is 1. The lowest BCUT2D eigenvalue weighted by Crippen LogP contribution is -2.36. The van der Waals surface area contributed by atoms with Crippen LogP contribution in [0, 0.1) is 6.92 Å². The van der Waals surface area contributed by atoms with Gasteiger partial charge in [0.2, 0.25) is 0 Å². The molecule has 4 nitrogen and oxygen atoms in total. The molecule has 1 unspecified atom stereocenters. The SMILES string of the molecule is Cc1csc(C(C)NC(=O)NCc2ccc(Cl)cc2Cl)n1. The molecular weight excluding hydrogens is 329 g/mol. The van der Waals surface area contributed by atoms with Gasteiger partial charge in [-0.3, -0.25) is 0 Å². The summed E-state index contributed by atoms with van der Waals surface area (Å²) in [6.45, 7) is 4.16. The second kappa shape index (κ2) is 7.11. The Balaban J connectivity index is 1.87. The third-order valence-electron chi connectivity index (χ3n) is 2.81. The lowest BCUT2D eigenvalue weighted by atomic mass is 10.2. The van der Waals surface area contributed by atoms with Gasteiger partial charge in [-0.1, -0.05) is 29.3 Å². The first-order chi connectivity index (χ1) is 9.95. The predicted octanol–water partition coefficient (Wildman–Crippen LogP) is 4.32. The van der Waals surface area contributed by atoms with Crippen LogP contribution in [0.4, 0.5) is 4.79 Å². The summed E-state index contributed by atoms with van der Waals surface area (Å²) in [5.74, 6) is 0. The Morgan fingerprint density at radius 2 is 2.19 bits per heavy atom. The minimum Gasteiger partial charge on any atom is -0.334 e. The van der Waals surface area contributed by atoms with E-state index in [9.17, 15) is 4.79 Å². The molecule has 1 aromatic carbocycles. The number of benzene rings is 1. The Bertz CT molecular complexity index is 645. The van der Waals surface area contributed by atoms with Gasteiger partial charge in [0.25, 0.3) is 0 Å². The summed E-state index contributed by atoms with van der Waals surface area (Å²) < 4.78 is 0. The van der Waals surface area contributed by atoms with Crippen LogP contribution in [0.2, 0.25) is 10.0 Å². The predicted molar refractivity (Wildman–Crippen MR) is 87.1 cm³/mol. The highest BCUT2D eigenvalue weighted by Crippen LogP contribution is 2.21. The molecule has 2 N–H and O–H groups in total. The number of nitrogens with zero attached hydrogens (tertiary/aromatic N) is 1. The highest BCUT2D eigenvalue weighted by molar-refractivity contribution is 7.09. The van der Waals surface area contributed by atoms with E-state index in [0.717, 1.165) is 16.3 Å². The zero-order valence-corrected chi connectivity index (χ0v) is 13.9. The van der Waals surface area contributed by atoms with Gasteiger partial charge >= 0.3 is 6.03 Å². The Morgan fingerprint density at radius 3 is 2.81 bits per heavy atom. The van der Waals surface area contributed by atoms with Gasteiger partial charge in [-0.25, -0.2) is 9.78 Å². The molecule has 112 valence electrons. The van der Waals surface area contributed by atoms with Gasteiger partial charge in [0, 0.05) is 27.7 Å². The summed E-state index contributed by atoms with van der Waals surface area (Å²) in [7, 11) is 0. The summed E-state index contributed by atoms with van der Waals surface area (Å²) >= 11 is 13.4. The molecule has 0 aliphatic rings. The third kappa shape index (κ3) is 4.59. The molecule has 2 amide bonds. The number of carbonyl (C=O) groups is 1. The van der Waals surface area contributed by atoms with E-state index in [1.807, 2.05) is 19.2 Å². The minimum absolute atomic E-state index is 0.135. The fourth-order valence-electron chi connectivity index (χ4n) is 1.72. The molecule has 7 heteroatoms. The van der Waals surface area contributed by atoms with Crippen LogP contribution in [0.3, 0.4) is 0 Å². The monoisotopic (exact) mass is 343 g/mol. The number of aryl methyl sites for hydroxylation is 1. The number of carbonyl (C=O) groups excluding carboxylic acids is 1. The minimum atomic E-state index is -0.263. The van der Waals surface area contributed by atoms with Gasteiger partial charge in [0.1, 0.15) is 5.01 Å². The Kier molecular flexibility index (Phi) is 5.45. The topological polar surface area (TPSA) is 54.0 Å². The number of nitrogens with one attached hydrogen (secondary N) is 2. The molecule has 0 bridgehead atoms. The summed E-state index contributed by atoms with van der Waals surface area (Å²) in [5, 5.41) is 9.55. The van der Waals surface area contributed by atoms with Crippen molar-refractivity contribution in [3.8, 4) is 0 Å². The van der Waals surface area contributed by atoms with Crippen LogP contribution >= 0.6 is 34.5 Å². The number of hydrogen-bond acceptors (Lipinski definition) is 3. The molecule has 1 heterocycles. The molecule has 0 radical (unpaired) electrons. The van der Waals surface area contributed by atoms with E-state index in [-0.39, 0.29) is 12.1 Å². The molecule has 0 saturated carbocycles. The van der Waals surface area contributed by atoms with Crippen LogP contribution in [0.5, 0.6) is 0 Å². The maximum absolute atomic E-state index is 11.9. The molecule has 2 aromatic rings. The van der Waals surface area contributed by atoms with Gasteiger partial charge in [0.15, 0.2) is 0 Å². The third-order valence-corrected chi connectivity index (χ3v) is 4.54. The molecule has 0 aliphatic carbocycles. The van der Waals surface area contributed by atoms with Crippen LogP contribution < -0.4 is 10.6 Å². The van der Waals surface area contributed by atoms with Crippen LogP contribution in [-0.4, -0.2) is 11.0 Å². The molecular formula is C14H15Cl2N3OS. The first kappa shape index (κ1) is 16.1. The zero-order chi connectivity index (χ0) is 15.4. The average Bonchev–Trinajstić information content (AvgIpc) is 2.84. The van der Waals surface area contributed by atoms with Crippen LogP contribution in [0.15, 0.2) is 23.6 Å². The molecule has 0 fully saturated rings. The smallest absolute Gasteiger partial charge is 0.315 e. The standard InChI is InChI=1S/C14H15Cl2N3OS/c1-8-7-21-13(18-8)9(2)19-14(20)17-6-10-3-4-11(15)5-12(10)16/h3-5,7,9H,6H2,1-2H3,(H2,17,19,20). The van der Waals surface area contributed by atoms with E-state index >= 15 is 0 Å². The Hall–Kier alpha value is -1.30. The van der Waals surface area contributed by atoms with Crippen LogP contribution in [-0.2, 0) is 6.54 Å². The summed E-state index contributed by atoms with van der Waals surface area (Å²) in [4.78, 5) is 16.2. The lowest BCUT2D eigenvalue weighted by molar-refractivity contribution is 0.237. The van der Waals surface area contributed by atoms with Crippen molar-refractivity contribution >= 4 is 40.6 Å². The van der Waals surface area contributed by atoms with Crippen molar-refractivity contribution < 1.29 is 4.79 Å². The van der Waals surface area contributed by atoms with Gasteiger partial charge < -0.3 is 10.6 Å². The molecule has 0 saturated heterocycles. The van der Waals surface area contributed by atoms with Gasteiger partial charge in [0.05, 0.1) is 6.04 Å². The summed E-state index contributed by atoms with van der Waals surface area (Å²) in [5.41, 5.74) is 1.77. The van der Waals surface area contributed by atoms with Crippen molar-refractivity contribution in [3.05, 3.63) is 49.9 Å². The quantitative estimate of drug-likeness (QED) is 0.868. The average molecular weight is 344 g/mol.